The van der Waals surface area contributed by atoms with E-state index in [2.05, 4.69) is 10.3 Å². The Bertz CT molecular complexity index is 1110. The lowest BCUT2D eigenvalue weighted by molar-refractivity contribution is -0.116. The van der Waals surface area contributed by atoms with E-state index >= 15 is 0 Å². The lowest BCUT2D eigenvalue weighted by atomic mass is 10.1. The first-order valence-electron chi connectivity index (χ1n) is 8.47. The summed E-state index contributed by atoms with van der Waals surface area (Å²) in [5, 5.41) is 2.85. The summed E-state index contributed by atoms with van der Waals surface area (Å²) in [4.78, 5) is 41.8. The molecule has 0 saturated carbocycles. The molecule has 0 aliphatic heterocycles. The molecule has 0 aliphatic rings. The minimum Gasteiger partial charge on any atom is -0.496 e. The number of carbonyl (C=O) groups excluding carboxylic acids is 1. The predicted molar refractivity (Wildman–Crippen MR) is 102 cm³/mol. The van der Waals surface area contributed by atoms with E-state index in [4.69, 9.17) is 4.74 Å². The summed E-state index contributed by atoms with van der Waals surface area (Å²) in [5.74, 6) is -0.175. The molecule has 0 radical (unpaired) electrons. The van der Waals surface area contributed by atoms with Gasteiger partial charge in [-0.3, -0.25) is 14.2 Å². The molecule has 0 bridgehead atoms. The Hall–Kier alpha value is -3.42. The first-order valence-corrected chi connectivity index (χ1v) is 8.47. The molecule has 2 aromatic heterocycles. The van der Waals surface area contributed by atoms with Crippen molar-refractivity contribution in [3.63, 3.8) is 0 Å². The zero-order valence-electron chi connectivity index (χ0n) is 15.4. The average Bonchev–Trinajstić information content (AvgIpc) is 2.69. The second-order valence-corrected chi connectivity index (χ2v) is 6.04. The highest BCUT2D eigenvalue weighted by Crippen LogP contribution is 2.18. The lowest BCUT2D eigenvalue weighted by Gasteiger charge is -2.12. The zero-order valence-corrected chi connectivity index (χ0v) is 15.4. The molecular formula is C19H20N4O4. The van der Waals surface area contributed by atoms with Crippen LogP contribution in [0.5, 0.6) is 5.75 Å². The van der Waals surface area contributed by atoms with E-state index in [0.717, 1.165) is 16.6 Å². The highest BCUT2D eigenvalue weighted by Gasteiger charge is 2.17. The number of hydrogen-bond acceptors (Lipinski definition) is 5. The SMILES string of the molecule is CCc1ccc(NC(=O)Cn2c(=O)c3c(OC)ccnc3n(C)c2=O)cc1. The van der Waals surface area contributed by atoms with Crippen LogP contribution in [0.3, 0.4) is 0 Å². The largest absolute Gasteiger partial charge is 0.496 e. The molecule has 0 aliphatic carbocycles. The molecule has 3 aromatic rings. The first-order chi connectivity index (χ1) is 13.0. The van der Waals surface area contributed by atoms with Crippen LogP contribution in [0.2, 0.25) is 0 Å². The van der Waals surface area contributed by atoms with Crippen LogP contribution >= 0.6 is 0 Å². The Morgan fingerprint density at radius 2 is 1.89 bits per heavy atom. The number of nitrogens with zero attached hydrogens (tertiary/aromatic N) is 3. The molecule has 0 unspecified atom stereocenters. The van der Waals surface area contributed by atoms with Crippen molar-refractivity contribution in [2.45, 2.75) is 19.9 Å². The second kappa shape index (κ2) is 7.45. The maximum atomic E-state index is 12.8. The Balaban J connectivity index is 1.97. The molecule has 8 nitrogen and oxygen atoms in total. The Morgan fingerprint density at radius 1 is 1.19 bits per heavy atom. The van der Waals surface area contributed by atoms with Gasteiger partial charge in [0.2, 0.25) is 5.91 Å². The standard InChI is InChI=1S/C19H20N4O4/c1-4-12-5-7-13(8-6-12)21-15(24)11-23-18(25)16-14(27-3)9-10-20-17(16)22(2)19(23)26/h5-10H,4,11H2,1-3H3,(H,21,24). The molecule has 3 rings (SSSR count). The number of benzene rings is 1. The number of rotatable bonds is 5. The van der Waals surface area contributed by atoms with E-state index in [9.17, 15) is 14.4 Å². The third-order valence-electron chi connectivity index (χ3n) is 4.35. The van der Waals surface area contributed by atoms with E-state index in [0.29, 0.717) is 11.4 Å². The molecule has 1 amide bonds. The van der Waals surface area contributed by atoms with Crippen LogP contribution in [0.25, 0.3) is 11.0 Å². The van der Waals surface area contributed by atoms with Crippen LogP contribution in [0.15, 0.2) is 46.1 Å². The monoisotopic (exact) mass is 368 g/mol. The van der Waals surface area contributed by atoms with E-state index in [1.165, 1.54) is 31.0 Å². The smallest absolute Gasteiger partial charge is 0.332 e. The van der Waals surface area contributed by atoms with Gasteiger partial charge in [0.25, 0.3) is 5.56 Å². The van der Waals surface area contributed by atoms with Crippen molar-refractivity contribution in [2.24, 2.45) is 7.05 Å². The van der Waals surface area contributed by atoms with Crippen molar-refractivity contribution in [3.05, 3.63) is 62.9 Å². The van der Waals surface area contributed by atoms with Crippen molar-refractivity contribution in [3.8, 4) is 5.75 Å². The van der Waals surface area contributed by atoms with Crippen molar-refractivity contribution in [2.75, 3.05) is 12.4 Å². The van der Waals surface area contributed by atoms with Gasteiger partial charge in [-0.05, 0) is 30.2 Å². The predicted octanol–water partition coefficient (Wildman–Crippen LogP) is 1.30. The molecule has 1 N–H and O–H groups in total. The minimum atomic E-state index is -0.621. The third kappa shape index (κ3) is 3.46. The number of fused-ring (bicyclic) bond motifs is 1. The Kier molecular flexibility index (Phi) is 5.07. The number of hydrogen-bond donors (Lipinski definition) is 1. The van der Waals surface area contributed by atoms with E-state index < -0.39 is 23.7 Å². The Labute approximate surface area is 155 Å². The summed E-state index contributed by atoms with van der Waals surface area (Å²) in [7, 11) is 2.92. The molecule has 2 heterocycles. The number of anilines is 1. The van der Waals surface area contributed by atoms with Gasteiger partial charge in [0.1, 0.15) is 17.7 Å². The van der Waals surface area contributed by atoms with Crippen molar-refractivity contribution in [1.29, 1.82) is 0 Å². The maximum Gasteiger partial charge on any atom is 0.332 e. The summed E-state index contributed by atoms with van der Waals surface area (Å²) in [6.07, 6.45) is 2.35. The van der Waals surface area contributed by atoms with Crippen molar-refractivity contribution >= 4 is 22.6 Å². The molecular weight excluding hydrogens is 348 g/mol. The Morgan fingerprint density at radius 3 is 2.52 bits per heavy atom. The number of methoxy groups -OCH3 is 1. The maximum absolute atomic E-state index is 12.8. The van der Waals surface area contributed by atoms with E-state index in [1.54, 1.807) is 12.1 Å². The molecule has 1 aromatic carbocycles. The second-order valence-electron chi connectivity index (χ2n) is 6.04. The van der Waals surface area contributed by atoms with Gasteiger partial charge in [-0.15, -0.1) is 0 Å². The third-order valence-corrected chi connectivity index (χ3v) is 4.35. The van der Waals surface area contributed by atoms with Crippen LogP contribution in [0, 0.1) is 0 Å². The number of ether oxygens (including phenoxy) is 1. The van der Waals surface area contributed by atoms with Gasteiger partial charge in [-0.2, -0.15) is 0 Å². The fraction of sp³-hybridized carbons (Fsp3) is 0.263. The molecule has 140 valence electrons. The van der Waals surface area contributed by atoms with E-state index in [1.807, 2.05) is 19.1 Å². The summed E-state index contributed by atoms with van der Waals surface area (Å²) in [6, 6.07) is 8.92. The summed E-state index contributed by atoms with van der Waals surface area (Å²) in [6.45, 7) is 1.63. The van der Waals surface area contributed by atoms with Gasteiger partial charge in [-0.25, -0.2) is 14.3 Å². The lowest BCUT2D eigenvalue weighted by Crippen LogP contribution is -2.42. The number of pyridine rings is 1. The van der Waals surface area contributed by atoms with Crippen molar-refractivity contribution < 1.29 is 9.53 Å². The minimum absolute atomic E-state index is 0.155. The zero-order chi connectivity index (χ0) is 19.6. The quantitative estimate of drug-likeness (QED) is 0.733. The van der Waals surface area contributed by atoms with Crippen LogP contribution in [0.4, 0.5) is 5.69 Å². The fourth-order valence-electron chi connectivity index (χ4n) is 2.86. The summed E-state index contributed by atoms with van der Waals surface area (Å²) in [5.41, 5.74) is 0.713. The number of amides is 1. The van der Waals surface area contributed by atoms with Crippen LogP contribution in [0.1, 0.15) is 12.5 Å². The summed E-state index contributed by atoms with van der Waals surface area (Å²) < 4.78 is 7.31. The number of aryl methyl sites for hydroxylation is 2. The van der Waals surface area contributed by atoms with Gasteiger partial charge >= 0.3 is 5.69 Å². The van der Waals surface area contributed by atoms with Gasteiger partial charge in [0, 0.05) is 18.9 Å². The highest BCUT2D eigenvalue weighted by molar-refractivity contribution is 5.90. The van der Waals surface area contributed by atoms with Gasteiger partial charge in [0.15, 0.2) is 5.65 Å². The van der Waals surface area contributed by atoms with Gasteiger partial charge in [-0.1, -0.05) is 19.1 Å². The topological polar surface area (TPSA) is 95.2 Å². The van der Waals surface area contributed by atoms with Crippen LogP contribution in [-0.2, 0) is 24.8 Å². The average molecular weight is 368 g/mol. The van der Waals surface area contributed by atoms with Crippen LogP contribution < -0.4 is 21.3 Å². The molecule has 0 saturated heterocycles. The number of nitrogens with one attached hydrogen (secondary N) is 1. The van der Waals surface area contributed by atoms with Gasteiger partial charge in [0.05, 0.1) is 7.11 Å². The van der Waals surface area contributed by atoms with Crippen LogP contribution in [-0.4, -0.2) is 27.1 Å². The first kappa shape index (κ1) is 18.4. The molecule has 27 heavy (non-hydrogen) atoms. The number of carbonyl (C=O) groups is 1. The van der Waals surface area contributed by atoms with E-state index in [-0.39, 0.29) is 11.0 Å². The van der Waals surface area contributed by atoms with Gasteiger partial charge < -0.3 is 10.1 Å². The highest BCUT2D eigenvalue weighted by atomic mass is 16.5. The molecule has 0 atom stereocenters. The summed E-state index contributed by atoms with van der Waals surface area (Å²) >= 11 is 0. The molecule has 8 heteroatoms. The van der Waals surface area contributed by atoms with Crippen molar-refractivity contribution in [1.82, 2.24) is 14.1 Å². The normalized spacial score (nSPS) is 10.8. The fourth-order valence-corrected chi connectivity index (χ4v) is 2.86. The number of aromatic nitrogens is 3. The molecule has 0 fully saturated rings. The molecule has 0 spiro atoms.